The van der Waals surface area contributed by atoms with Crippen LogP contribution in [0.4, 0.5) is 0 Å². The van der Waals surface area contributed by atoms with Crippen molar-refractivity contribution in [2.75, 3.05) is 20.3 Å². The topological polar surface area (TPSA) is 86.1 Å². The second kappa shape index (κ2) is 8.90. The summed E-state index contributed by atoms with van der Waals surface area (Å²) in [5, 5.41) is 13.6. The predicted molar refractivity (Wildman–Crippen MR) is 102 cm³/mol. The van der Waals surface area contributed by atoms with E-state index in [2.05, 4.69) is 11.2 Å². The zero-order chi connectivity index (χ0) is 17.6. The number of halogens is 1. The Hall–Kier alpha value is -3.01. The molecule has 2 aromatic carbocycles. The highest BCUT2D eigenvalue weighted by Gasteiger charge is 2.12. The summed E-state index contributed by atoms with van der Waals surface area (Å²) in [6.45, 7) is 0.944. The minimum absolute atomic E-state index is 0. The zero-order valence-electron chi connectivity index (χ0n) is 14.3. The van der Waals surface area contributed by atoms with Crippen molar-refractivity contribution in [3.8, 4) is 34.5 Å². The van der Waals surface area contributed by atoms with Crippen LogP contribution in [0.2, 0.25) is 0 Å². The number of hydrogen-bond donors (Lipinski definition) is 1. The molecule has 7 heteroatoms. The van der Waals surface area contributed by atoms with Crippen LogP contribution in [-0.2, 0) is 0 Å². The highest BCUT2D eigenvalue weighted by molar-refractivity contribution is 5.85. The van der Waals surface area contributed by atoms with Crippen LogP contribution in [0.25, 0.3) is 16.9 Å². The fraction of sp³-hybridized carbons (Fsp3) is 0.158. The molecule has 1 heterocycles. The fourth-order valence-corrected chi connectivity index (χ4v) is 2.46. The van der Waals surface area contributed by atoms with Crippen molar-refractivity contribution >= 4 is 12.4 Å². The van der Waals surface area contributed by atoms with Gasteiger partial charge in [-0.3, -0.25) is 0 Å². The van der Waals surface area contributed by atoms with Crippen molar-refractivity contribution < 1.29 is 9.47 Å². The molecule has 0 saturated heterocycles. The van der Waals surface area contributed by atoms with Gasteiger partial charge in [0.1, 0.15) is 24.2 Å². The smallest absolute Gasteiger partial charge is 0.163 e. The van der Waals surface area contributed by atoms with Gasteiger partial charge in [-0.05, 0) is 48.5 Å². The lowest BCUT2D eigenvalue weighted by molar-refractivity contribution is 0.328. The van der Waals surface area contributed by atoms with Crippen molar-refractivity contribution in [1.29, 1.82) is 5.26 Å². The molecule has 1 aromatic heterocycles. The molecule has 134 valence electrons. The lowest BCUT2D eigenvalue weighted by Gasteiger charge is -2.09. The maximum atomic E-state index is 9.21. The molecule has 26 heavy (non-hydrogen) atoms. The molecule has 0 aliphatic rings. The number of nitriles is 1. The average molecular weight is 371 g/mol. The first-order chi connectivity index (χ1) is 12.2. The van der Waals surface area contributed by atoms with Gasteiger partial charge in [-0.25, -0.2) is 4.68 Å². The summed E-state index contributed by atoms with van der Waals surface area (Å²) in [6, 6.07) is 19.0. The number of hydrogen-bond acceptors (Lipinski definition) is 5. The number of methoxy groups -OCH3 is 1. The number of nitrogens with zero attached hydrogens (tertiary/aromatic N) is 3. The van der Waals surface area contributed by atoms with Crippen LogP contribution in [0.3, 0.4) is 0 Å². The van der Waals surface area contributed by atoms with Gasteiger partial charge in [0, 0.05) is 18.2 Å². The van der Waals surface area contributed by atoms with Gasteiger partial charge in [-0.1, -0.05) is 0 Å². The van der Waals surface area contributed by atoms with Crippen LogP contribution in [0.15, 0.2) is 54.6 Å². The molecule has 0 saturated carbocycles. The lowest BCUT2D eigenvalue weighted by atomic mass is 10.1. The highest BCUT2D eigenvalue weighted by Crippen LogP contribution is 2.26. The third-order valence-electron chi connectivity index (χ3n) is 3.68. The molecule has 6 nitrogen and oxygen atoms in total. The SMILES string of the molecule is COc1ccc(-n2nc(C#N)cc2-c2ccc(OCCN)cc2)cc1.Cl. The number of rotatable bonds is 6. The standard InChI is InChI=1S/C19H18N4O2.ClH/c1-24-17-8-4-16(5-9-17)23-19(12-15(13-21)22-23)14-2-6-18(7-3-14)25-11-10-20;/h2-9,12H,10-11,20H2,1H3;1H. The van der Waals surface area contributed by atoms with Gasteiger partial charge in [0.05, 0.1) is 18.5 Å². The Balaban J connectivity index is 0.00000243. The molecule has 0 fully saturated rings. The summed E-state index contributed by atoms with van der Waals surface area (Å²) in [5.74, 6) is 1.52. The van der Waals surface area contributed by atoms with Gasteiger partial charge in [0.25, 0.3) is 0 Å². The molecular weight excluding hydrogens is 352 g/mol. The number of aromatic nitrogens is 2. The molecule has 0 atom stereocenters. The average Bonchev–Trinajstić information content (AvgIpc) is 3.11. The Labute approximate surface area is 158 Å². The van der Waals surface area contributed by atoms with Gasteiger partial charge in [-0.2, -0.15) is 10.4 Å². The number of nitrogens with two attached hydrogens (primary N) is 1. The Morgan fingerprint density at radius 3 is 2.31 bits per heavy atom. The largest absolute Gasteiger partial charge is 0.497 e. The zero-order valence-corrected chi connectivity index (χ0v) is 15.1. The molecule has 0 unspecified atom stereocenters. The third-order valence-corrected chi connectivity index (χ3v) is 3.68. The van der Waals surface area contributed by atoms with E-state index in [9.17, 15) is 5.26 Å². The molecular formula is C19H19ClN4O2. The molecule has 2 N–H and O–H groups in total. The number of ether oxygens (including phenoxy) is 2. The Kier molecular flexibility index (Phi) is 6.61. The van der Waals surface area contributed by atoms with Crippen LogP contribution in [0, 0.1) is 11.3 Å². The van der Waals surface area contributed by atoms with E-state index >= 15 is 0 Å². The summed E-state index contributed by atoms with van der Waals surface area (Å²) in [5.41, 5.74) is 8.41. The first kappa shape index (κ1) is 19.3. The first-order valence-electron chi connectivity index (χ1n) is 7.83. The maximum absolute atomic E-state index is 9.21. The van der Waals surface area contributed by atoms with Crippen molar-refractivity contribution in [3.05, 3.63) is 60.3 Å². The highest BCUT2D eigenvalue weighted by atomic mass is 35.5. The van der Waals surface area contributed by atoms with E-state index in [1.54, 1.807) is 17.9 Å². The Morgan fingerprint density at radius 2 is 1.73 bits per heavy atom. The van der Waals surface area contributed by atoms with Crippen LogP contribution in [-0.4, -0.2) is 30.0 Å². The summed E-state index contributed by atoms with van der Waals surface area (Å²) in [7, 11) is 1.62. The summed E-state index contributed by atoms with van der Waals surface area (Å²) in [6.07, 6.45) is 0. The van der Waals surface area contributed by atoms with Gasteiger partial charge in [0.2, 0.25) is 0 Å². The molecule has 0 aliphatic carbocycles. The van der Waals surface area contributed by atoms with Gasteiger partial charge in [-0.15, -0.1) is 12.4 Å². The van der Waals surface area contributed by atoms with Crippen molar-refractivity contribution in [2.45, 2.75) is 0 Å². The van der Waals surface area contributed by atoms with Crippen LogP contribution in [0.1, 0.15) is 5.69 Å². The second-order valence-electron chi connectivity index (χ2n) is 5.30. The van der Waals surface area contributed by atoms with Crippen LogP contribution in [0.5, 0.6) is 11.5 Å². The molecule has 3 rings (SSSR count). The van der Waals surface area contributed by atoms with E-state index in [4.69, 9.17) is 15.2 Å². The monoisotopic (exact) mass is 370 g/mol. The summed E-state index contributed by atoms with van der Waals surface area (Å²) >= 11 is 0. The quantitative estimate of drug-likeness (QED) is 0.720. The third kappa shape index (κ3) is 4.14. The Morgan fingerprint density at radius 1 is 1.08 bits per heavy atom. The minimum Gasteiger partial charge on any atom is -0.497 e. The predicted octanol–water partition coefficient (Wildman–Crippen LogP) is 3.18. The van der Waals surface area contributed by atoms with E-state index in [1.165, 1.54) is 0 Å². The van der Waals surface area contributed by atoms with Gasteiger partial charge >= 0.3 is 0 Å². The molecule has 3 aromatic rings. The second-order valence-corrected chi connectivity index (χ2v) is 5.30. The molecule has 0 spiro atoms. The van der Waals surface area contributed by atoms with Crippen LogP contribution < -0.4 is 15.2 Å². The first-order valence-corrected chi connectivity index (χ1v) is 7.83. The maximum Gasteiger partial charge on any atom is 0.163 e. The fourth-order valence-electron chi connectivity index (χ4n) is 2.46. The van der Waals surface area contributed by atoms with Crippen molar-refractivity contribution in [2.24, 2.45) is 5.73 Å². The van der Waals surface area contributed by atoms with E-state index in [-0.39, 0.29) is 12.4 Å². The van der Waals surface area contributed by atoms with Crippen molar-refractivity contribution in [1.82, 2.24) is 9.78 Å². The van der Waals surface area contributed by atoms with Gasteiger partial charge in [0.15, 0.2) is 5.69 Å². The lowest BCUT2D eigenvalue weighted by Crippen LogP contribution is -2.10. The van der Waals surface area contributed by atoms with E-state index < -0.39 is 0 Å². The van der Waals surface area contributed by atoms with E-state index in [0.29, 0.717) is 18.8 Å². The van der Waals surface area contributed by atoms with Crippen molar-refractivity contribution in [3.63, 3.8) is 0 Å². The van der Waals surface area contributed by atoms with E-state index in [1.807, 2.05) is 48.5 Å². The van der Waals surface area contributed by atoms with Gasteiger partial charge < -0.3 is 15.2 Å². The summed E-state index contributed by atoms with van der Waals surface area (Å²) in [4.78, 5) is 0. The number of benzene rings is 2. The normalized spacial score (nSPS) is 9.88. The minimum atomic E-state index is 0. The molecule has 0 bridgehead atoms. The molecule has 0 radical (unpaired) electrons. The van der Waals surface area contributed by atoms with E-state index in [0.717, 1.165) is 28.4 Å². The molecule has 0 aliphatic heterocycles. The molecule has 0 amide bonds. The van der Waals surface area contributed by atoms with Crippen LogP contribution >= 0.6 is 12.4 Å². The summed E-state index contributed by atoms with van der Waals surface area (Å²) < 4.78 is 12.4. The Bertz CT molecular complexity index is 883.